The van der Waals surface area contributed by atoms with Gasteiger partial charge < -0.3 is 30.9 Å². The number of benzene rings is 1. The number of piperidine rings is 2. The van der Waals surface area contributed by atoms with Gasteiger partial charge in [-0.3, -0.25) is 14.8 Å². The third-order valence-corrected chi connectivity index (χ3v) is 10.4. The molecule has 0 bridgehead atoms. The number of H-pyrrole nitrogens is 1. The Hall–Kier alpha value is -3.74. The summed E-state index contributed by atoms with van der Waals surface area (Å²) in [6.07, 6.45) is 8.49. The molecule has 0 unspecified atom stereocenters. The molecule has 240 valence electrons. The molecule has 0 saturated carbocycles. The van der Waals surface area contributed by atoms with E-state index in [-0.39, 0.29) is 11.7 Å². The Morgan fingerprint density at radius 1 is 1.02 bits per heavy atom. The van der Waals surface area contributed by atoms with E-state index in [1.165, 1.54) is 63.1 Å². The van der Waals surface area contributed by atoms with Gasteiger partial charge in [-0.15, -0.1) is 0 Å². The molecule has 4 fully saturated rings. The summed E-state index contributed by atoms with van der Waals surface area (Å²) in [5.41, 5.74) is 10.9. The van der Waals surface area contributed by atoms with E-state index in [0.717, 1.165) is 31.6 Å². The minimum absolute atomic E-state index is 0.0777. The third kappa shape index (κ3) is 6.36. The number of nitrogens with one attached hydrogen (secondary N) is 3. The van der Waals surface area contributed by atoms with Crippen LogP contribution in [0.5, 0.6) is 0 Å². The van der Waals surface area contributed by atoms with Gasteiger partial charge in [0.25, 0.3) is 5.91 Å². The smallest absolute Gasteiger partial charge is 0.271 e. The molecule has 0 radical (unpaired) electrons. The number of likely N-dealkylation sites (tertiary alicyclic amines) is 2. The van der Waals surface area contributed by atoms with Crippen LogP contribution in [0.25, 0.3) is 11.4 Å². The van der Waals surface area contributed by atoms with Crippen molar-refractivity contribution in [1.82, 2.24) is 30.0 Å². The van der Waals surface area contributed by atoms with E-state index in [2.05, 4.69) is 72.7 Å². The summed E-state index contributed by atoms with van der Waals surface area (Å²) in [7, 11) is 2.25. The standard InChI is InChI=1S/C33H46N10O2/c1-22-19-24(3-4-27(22)42-13-6-25(7-14-42)43-20-33(21-43)10-15-41(2)16-11-33)37-32-29(30(34)44)38-28(26-5-12-35-40-26)31(39-32)36-23-8-17-45-18-9-23/h3-5,12,19,23,25H,6-11,13-18,20-21H2,1-2H3,(H2,34,44)(H,35,40)(H2,36,37,39). The molecule has 0 aliphatic carbocycles. The summed E-state index contributed by atoms with van der Waals surface area (Å²) in [5.74, 6) is 0.243. The maximum Gasteiger partial charge on any atom is 0.271 e. The first-order chi connectivity index (χ1) is 21.9. The third-order valence-electron chi connectivity index (χ3n) is 10.4. The minimum Gasteiger partial charge on any atom is -0.381 e. The van der Waals surface area contributed by atoms with Crippen LogP contribution in [0.2, 0.25) is 0 Å². The second kappa shape index (κ2) is 12.6. The van der Waals surface area contributed by atoms with Crippen LogP contribution in [0.15, 0.2) is 30.5 Å². The molecule has 12 heteroatoms. The number of hydrogen-bond donors (Lipinski definition) is 4. The van der Waals surface area contributed by atoms with E-state index in [1.807, 2.05) is 0 Å². The Bertz CT molecular complexity index is 1480. The Kier molecular flexibility index (Phi) is 8.36. The van der Waals surface area contributed by atoms with Crippen molar-refractivity contribution < 1.29 is 9.53 Å². The van der Waals surface area contributed by atoms with E-state index >= 15 is 0 Å². The quantitative estimate of drug-likeness (QED) is 0.298. The van der Waals surface area contributed by atoms with E-state index in [1.54, 1.807) is 12.3 Å². The average Bonchev–Trinajstić information content (AvgIpc) is 3.56. The fourth-order valence-electron chi connectivity index (χ4n) is 7.59. The van der Waals surface area contributed by atoms with Gasteiger partial charge in [-0.1, -0.05) is 0 Å². The second-order valence-corrected chi connectivity index (χ2v) is 13.5. The number of anilines is 4. The first kappa shape index (κ1) is 29.9. The molecule has 4 aliphatic heterocycles. The first-order valence-electron chi connectivity index (χ1n) is 16.5. The van der Waals surface area contributed by atoms with E-state index < -0.39 is 5.91 Å². The summed E-state index contributed by atoms with van der Waals surface area (Å²) in [6, 6.07) is 9.02. The maximum atomic E-state index is 12.6. The molecular formula is C33H46N10O2. The predicted octanol–water partition coefficient (Wildman–Crippen LogP) is 3.60. The molecule has 7 rings (SSSR count). The van der Waals surface area contributed by atoms with E-state index in [4.69, 9.17) is 15.5 Å². The van der Waals surface area contributed by atoms with Crippen molar-refractivity contribution in [3.8, 4) is 11.4 Å². The Morgan fingerprint density at radius 2 is 1.78 bits per heavy atom. The van der Waals surface area contributed by atoms with Crippen LogP contribution < -0.4 is 21.3 Å². The molecule has 2 aromatic heterocycles. The van der Waals surface area contributed by atoms with Crippen molar-refractivity contribution in [2.75, 3.05) is 75.1 Å². The molecule has 4 saturated heterocycles. The Balaban J connectivity index is 1.04. The number of nitrogens with zero attached hydrogens (tertiary/aromatic N) is 6. The molecule has 1 amide bonds. The highest BCUT2D eigenvalue weighted by Gasteiger charge is 2.46. The number of ether oxygens (including phenoxy) is 1. The van der Waals surface area contributed by atoms with Gasteiger partial charge in [0.15, 0.2) is 17.3 Å². The predicted molar refractivity (Wildman–Crippen MR) is 176 cm³/mol. The Labute approximate surface area is 265 Å². The molecule has 3 aromatic rings. The lowest BCUT2D eigenvalue weighted by atomic mass is 9.71. The van der Waals surface area contributed by atoms with Crippen molar-refractivity contribution >= 4 is 28.9 Å². The number of primary amides is 1. The van der Waals surface area contributed by atoms with E-state index in [0.29, 0.717) is 47.7 Å². The number of nitrogens with two attached hydrogens (primary N) is 1. The molecule has 1 spiro atoms. The summed E-state index contributed by atoms with van der Waals surface area (Å²) >= 11 is 0. The van der Waals surface area contributed by atoms with Gasteiger partial charge in [0, 0.05) is 69.0 Å². The topological polar surface area (TPSA) is 141 Å². The number of carbonyl (C=O) groups is 1. The lowest BCUT2D eigenvalue weighted by Crippen LogP contribution is -2.63. The number of aryl methyl sites for hydroxylation is 1. The van der Waals surface area contributed by atoms with Crippen LogP contribution in [-0.2, 0) is 4.74 Å². The van der Waals surface area contributed by atoms with Crippen LogP contribution >= 0.6 is 0 Å². The van der Waals surface area contributed by atoms with Crippen molar-refractivity contribution in [1.29, 1.82) is 0 Å². The number of aromatic amines is 1. The highest BCUT2D eigenvalue weighted by molar-refractivity contribution is 5.97. The van der Waals surface area contributed by atoms with Gasteiger partial charge in [-0.25, -0.2) is 9.97 Å². The number of carbonyl (C=O) groups excluding carboxylic acids is 1. The van der Waals surface area contributed by atoms with Crippen LogP contribution in [0.3, 0.4) is 0 Å². The molecule has 5 N–H and O–H groups in total. The molecule has 45 heavy (non-hydrogen) atoms. The van der Waals surface area contributed by atoms with Gasteiger partial charge in [0.2, 0.25) is 0 Å². The number of amides is 1. The number of hydrogen-bond acceptors (Lipinski definition) is 10. The second-order valence-electron chi connectivity index (χ2n) is 13.5. The zero-order chi connectivity index (χ0) is 31.0. The number of aromatic nitrogens is 4. The van der Waals surface area contributed by atoms with Crippen LogP contribution in [-0.4, -0.2) is 107 Å². The van der Waals surface area contributed by atoms with Gasteiger partial charge in [-0.05, 0) is 101 Å². The molecule has 12 nitrogen and oxygen atoms in total. The van der Waals surface area contributed by atoms with Gasteiger partial charge in [0.1, 0.15) is 5.69 Å². The van der Waals surface area contributed by atoms with Crippen molar-refractivity contribution in [3.63, 3.8) is 0 Å². The molecule has 6 heterocycles. The van der Waals surface area contributed by atoms with Crippen molar-refractivity contribution in [2.24, 2.45) is 11.1 Å². The summed E-state index contributed by atoms with van der Waals surface area (Å²) < 4.78 is 5.53. The zero-order valence-corrected chi connectivity index (χ0v) is 26.5. The van der Waals surface area contributed by atoms with Crippen molar-refractivity contribution in [3.05, 3.63) is 41.7 Å². The maximum absolute atomic E-state index is 12.6. The molecule has 4 aliphatic rings. The molecule has 1 aromatic carbocycles. The largest absolute Gasteiger partial charge is 0.381 e. The SMILES string of the molecule is Cc1cc(Nc2nc(NC3CCOCC3)c(-c3ccn[nH]3)nc2C(N)=O)ccc1N1CCC(N2CC3(CCN(C)CC3)C2)CC1. The fourth-order valence-corrected chi connectivity index (χ4v) is 7.59. The molecular weight excluding hydrogens is 568 g/mol. The summed E-state index contributed by atoms with van der Waals surface area (Å²) in [6.45, 7) is 10.7. The van der Waals surface area contributed by atoms with Gasteiger partial charge in [0.05, 0.1) is 5.69 Å². The summed E-state index contributed by atoms with van der Waals surface area (Å²) in [5, 5.41) is 13.9. The van der Waals surface area contributed by atoms with Crippen LogP contribution in [0, 0.1) is 12.3 Å². The highest BCUT2D eigenvalue weighted by Crippen LogP contribution is 2.43. The lowest BCUT2D eigenvalue weighted by Gasteiger charge is -2.57. The minimum atomic E-state index is -0.649. The first-order valence-corrected chi connectivity index (χ1v) is 16.5. The Morgan fingerprint density at radius 3 is 2.44 bits per heavy atom. The van der Waals surface area contributed by atoms with Gasteiger partial charge >= 0.3 is 0 Å². The van der Waals surface area contributed by atoms with Gasteiger partial charge in [-0.2, -0.15) is 5.10 Å². The van der Waals surface area contributed by atoms with Crippen molar-refractivity contribution in [2.45, 2.75) is 57.5 Å². The normalized spacial score (nSPS) is 21.5. The number of rotatable bonds is 8. The average molecular weight is 615 g/mol. The lowest BCUT2D eigenvalue weighted by molar-refractivity contribution is -0.0704. The summed E-state index contributed by atoms with van der Waals surface area (Å²) in [4.78, 5) is 29.9. The zero-order valence-electron chi connectivity index (χ0n) is 26.5. The molecule has 0 atom stereocenters. The van der Waals surface area contributed by atoms with Crippen LogP contribution in [0.1, 0.15) is 54.6 Å². The van der Waals surface area contributed by atoms with Crippen LogP contribution in [0.4, 0.5) is 23.0 Å². The fraction of sp³-hybridized carbons (Fsp3) is 0.576. The highest BCUT2D eigenvalue weighted by atomic mass is 16.5. The van der Waals surface area contributed by atoms with E-state index in [9.17, 15) is 4.79 Å². The monoisotopic (exact) mass is 614 g/mol.